The fraction of sp³-hybridized carbons (Fsp3) is 0.474. The molecule has 1 aromatic carbocycles. The third-order valence-electron chi connectivity index (χ3n) is 4.47. The molecule has 1 N–H and O–H groups in total. The number of rotatable bonds is 6. The van der Waals surface area contributed by atoms with Gasteiger partial charge in [-0.2, -0.15) is 5.10 Å². The monoisotopic (exact) mass is 502 g/mol. The Kier molecular flexibility index (Phi) is 9.20. The molecule has 1 aliphatic heterocycles. The maximum atomic E-state index is 6.33. The van der Waals surface area contributed by atoms with Crippen molar-refractivity contribution in [3.8, 4) is 0 Å². The second-order valence-electron chi connectivity index (χ2n) is 6.28. The van der Waals surface area contributed by atoms with E-state index in [0.717, 1.165) is 68.9 Å². The summed E-state index contributed by atoms with van der Waals surface area (Å²) in [6.45, 7) is 8.46. The minimum atomic E-state index is 0. The predicted octanol–water partition coefficient (Wildman–Crippen LogP) is 3.33. The molecule has 0 atom stereocenters. The van der Waals surface area contributed by atoms with Gasteiger partial charge >= 0.3 is 0 Å². The van der Waals surface area contributed by atoms with Crippen molar-refractivity contribution in [1.29, 1.82) is 0 Å². The van der Waals surface area contributed by atoms with E-state index in [1.54, 1.807) is 0 Å². The lowest BCUT2D eigenvalue weighted by atomic mass is 10.2. The Morgan fingerprint density at radius 3 is 2.63 bits per heavy atom. The number of guanidine groups is 1. The zero-order valence-electron chi connectivity index (χ0n) is 15.7. The van der Waals surface area contributed by atoms with Gasteiger partial charge in [0.15, 0.2) is 5.96 Å². The molecule has 1 aromatic heterocycles. The maximum absolute atomic E-state index is 6.33. The molecule has 2 heterocycles. The summed E-state index contributed by atoms with van der Waals surface area (Å²) in [4.78, 5) is 9.48. The van der Waals surface area contributed by atoms with E-state index < -0.39 is 0 Å². The number of para-hydroxylation sites is 1. The lowest BCUT2D eigenvalue weighted by Crippen LogP contribution is -2.52. The molecule has 8 heteroatoms. The van der Waals surface area contributed by atoms with Crippen molar-refractivity contribution in [2.45, 2.75) is 19.9 Å². The average Bonchev–Trinajstić information content (AvgIpc) is 3.18. The quantitative estimate of drug-likeness (QED) is 0.285. The molecule has 0 radical (unpaired) electrons. The Labute approximate surface area is 183 Å². The molecule has 1 aliphatic rings. The van der Waals surface area contributed by atoms with Crippen LogP contribution in [0.5, 0.6) is 0 Å². The van der Waals surface area contributed by atoms with Gasteiger partial charge in [0.05, 0.1) is 10.7 Å². The number of benzene rings is 1. The minimum Gasteiger partial charge on any atom is -0.367 e. The molecule has 0 aliphatic carbocycles. The highest BCUT2D eigenvalue weighted by Gasteiger charge is 2.20. The molecule has 148 valence electrons. The lowest BCUT2D eigenvalue weighted by molar-refractivity contribution is 0.372. The molecule has 0 bridgehead atoms. The van der Waals surface area contributed by atoms with Gasteiger partial charge in [0, 0.05) is 58.2 Å². The summed E-state index contributed by atoms with van der Waals surface area (Å²) < 4.78 is 1.95. The first-order valence-electron chi connectivity index (χ1n) is 9.28. The van der Waals surface area contributed by atoms with Crippen LogP contribution >= 0.6 is 35.6 Å². The zero-order valence-corrected chi connectivity index (χ0v) is 18.8. The second-order valence-corrected chi connectivity index (χ2v) is 6.69. The van der Waals surface area contributed by atoms with Crippen LogP contribution in [0.3, 0.4) is 0 Å². The average molecular weight is 503 g/mol. The number of nitrogens with one attached hydrogen (secondary N) is 1. The number of aliphatic imine (C=N–C) groups is 1. The number of hydrogen-bond donors (Lipinski definition) is 1. The van der Waals surface area contributed by atoms with Crippen LogP contribution in [0.2, 0.25) is 5.02 Å². The number of aromatic nitrogens is 2. The summed E-state index contributed by atoms with van der Waals surface area (Å²) in [6, 6.07) is 10.0. The van der Waals surface area contributed by atoms with Gasteiger partial charge < -0.3 is 15.1 Å². The topological polar surface area (TPSA) is 48.7 Å². The number of hydrogen-bond acceptors (Lipinski definition) is 3. The Balaban J connectivity index is 0.00000261. The molecule has 1 fully saturated rings. The summed E-state index contributed by atoms with van der Waals surface area (Å²) in [7, 11) is 0. The molecular weight excluding hydrogens is 475 g/mol. The van der Waals surface area contributed by atoms with E-state index in [4.69, 9.17) is 16.6 Å². The van der Waals surface area contributed by atoms with Gasteiger partial charge in [-0.1, -0.05) is 23.7 Å². The summed E-state index contributed by atoms with van der Waals surface area (Å²) in [5.74, 6) is 1.01. The summed E-state index contributed by atoms with van der Waals surface area (Å²) in [6.07, 6.45) is 4.78. The van der Waals surface area contributed by atoms with Crippen molar-refractivity contribution < 1.29 is 0 Å². The largest absolute Gasteiger partial charge is 0.367 e. The number of nitrogens with zero attached hydrogens (tertiary/aromatic N) is 5. The van der Waals surface area contributed by atoms with Crippen molar-refractivity contribution in [3.63, 3.8) is 0 Å². The summed E-state index contributed by atoms with van der Waals surface area (Å²) in [5.41, 5.74) is 1.12. The van der Waals surface area contributed by atoms with E-state index in [1.165, 1.54) is 0 Å². The van der Waals surface area contributed by atoms with Crippen LogP contribution < -0.4 is 10.2 Å². The standard InChI is InChI=1S/C19H27ClN6.HI/c1-2-21-19(22-9-5-11-26-12-6-10-23-26)25-15-13-24(14-16-25)18-8-4-3-7-17(18)20;/h3-4,6-8,10,12H,2,5,9,11,13-16H2,1H3,(H,21,22);1H. The summed E-state index contributed by atoms with van der Waals surface area (Å²) >= 11 is 6.33. The lowest BCUT2D eigenvalue weighted by Gasteiger charge is -2.38. The van der Waals surface area contributed by atoms with Gasteiger partial charge in [-0.05, 0) is 31.5 Å². The normalized spacial score (nSPS) is 14.8. The first-order valence-corrected chi connectivity index (χ1v) is 9.66. The van der Waals surface area contributed by atoms with Gasteiger partial charge in [0.25, 0.3) is 0 Å². The van der Waals surface area contributed by atoms with Crippen molar-refractivity contribution in [2.75, 3.05) is 44.2 Å². The third kappa shape index (κ3) is 6.27. The molecule has 1 saturated heterocycles. The highest BCUT2D eigenvalue weighted by molar-refractivity contribution is 14.0. The van der Waals surface area contributed by atoms with Gasteiger partial charge in [0.2, 0.25) is 0 Å². The molecule has 0 saturated carbocycles. The van der Waals surface area contributed by atoms with E-state index in [1.807, 2.05) is 41.3 Å². The maximum Gasteiger partial charge on any atom is 0.194 e. The van der Waals surface area contributed by atoms with Crippen molar-refractivity contribution in [3.05, 3.63) is 47.7 Å². The van der Waals surface area contributed by atoms with Crippen LogP contribution in [-0.4, -0.2) is 59.9 Å². The molecule has 0 spiro atoms. The Bertz CT molecular complexity index is 698. The first kappa shape index (κ1) is 21.8. The van der Waals surface area contributed by atoms with Gasteiger partial charge in [0.1, 0.15) is 0 Å². The molecule has 6 nitrogen and oxygen atoms in total. The second kappa shape index (κ2) is 11.4. The number of anilines is 1. The fourth-order valence-corrected chi connectivity index (χ4v) is 3.40. The molecule has 0 unspecified atom stereocenters. The number of halogens is 2. The smallest absolute Gasteiger partial charge is 0.194 e. The van der Waals surface area contributed by atoms with Crippen LogP contribution in [0, 0.1) is 0 Å². The number of piperazine rings is 1. The fourth-order valence-electron chi connectivity index (χ4n) is 3.14. The molecule has 3 rings (SSSR count). The molecule has 27 heavy (non-hydrogen) atoms. The van der Waals surface area contributed by atoms with E-state index in [9.17, 15) is 0 Å². The van der Waals surface area contributed by atoms with E-state index in [-0.39, 0.29) is 24.0 Å². The van der Waals surface area contributed by atoms with Crippen LogP contribution in [0.1, 0.15) is 13.3 Å². The number of aryl methyl sites for hydroxylation is 1. The Morgan fingerprint density at radius 1 is 1.19 bits per heavy atom. The molecule has 0 amide bonds. The van der Waals surface area contributed by atoms with Crippen LogP contribution in [0.15, 0.2) is 47.7 Å². The van der Waals surface area contributed by atoms with Crippen LogP contribution in [0.4, 0.5) is 5.69 Å². The van der Waals surface area contributed by atoms with Crippen LogP contribution in [-0.2, 0) is 6.54 Å². The highest BCUT2D eigenvalue weighted by atomic mass is 127. The Hall–Kier alpha value is -1.48. The summed E-state index contributed by atoms with van der Waals surface area (Å²) in [5, 5.41) is 8.47. The zero-order chi connectivity index (χ0) is 18.2. The van der Waals surface area contributed by atoms with E-state index in [2.05, 4.69) is 33.2 Å². The van der Waals surface area contributed by atoms with Crippen LogP contribution in [0.25, 0.3) is 0 Å². The predicted molar refractivity (Wildman–Crippen MR) is 123 cm³/mol. The van der Waals surface area contributed by atoms with E-state index >= 15 is 0 Å². The van der Waals surface area contributed by atoms with E-state index in [0.29, 0.717) is 0 Å². The van der Waals surface area contributed by atoms with Crippen molar-refractivity contribution in [2.24, 2.45) is 4.99 Å². The van der Waals surface area contributed by atoms with Crippen molar-refractivity contribution in [1.82, 2.24) is 20.0 Å². The van der Waals surface area contributed by atoms with Crippen molar-refractivity contribution >= 4 is 47.2 Å². The first-order chi connectivity index (χ1) is 12.8. The molecular formula is C19H28ClIN6. The highest BCUT2D eigenvalue weighted by Crippen LogP contribution is 2.25. The van der Waals surface area contributed by atoms with Gasteiger partial charge in [-0.25, -0.2) is 0 Å². The molecule has 2 aromatic rings. The minimum absolute atomic E-state index is 0. The Morgan fingerprint density at radius 2 is 1.96 bits per heavy atom. The van der Waals surface area contributed by atoms with Gasteiger partial charge in [-0.15, -0.1) is 24.0 Å². The third-order valence-corrected chi connectivity index (χ3v) is 4.79. The SMILES string of the molecule is CCNC(=NCCCn1cccn1)N1CCN(c2ccccc2Cl)CC1.I. The van der Waals surface area contributed by atoms with Gasteiger partial charge in [-0.3, -0.25) is 9.67 Å².